The average molecular weight is 241 g/mol. The first-order valence-corrected chi connectivity index (χ1v) is 6.06. The van der Waals surface area contributed by atoms with Gasteiger partial charge in [0.1, 0.15) is 6.10 Å². The summed E-state index contributed by atoms with van der Waals surface area (Å²) in [5.41, 5.74) is -0.470. The Labute approximate surface area is 104 Å². The second-order valence-electron chi connectivity index (χ2n) is 5.72. The van der Waals surface area contributed by atoms with Gasteiger partial charge in [-0.1, -0.05) is 13.8 Å². The van der Waals surface area contributed by atoms with Crippen molar-refractivity contribution in [1.29, 1.82) is 5.26 Å². The summed E-state index contributed by atoms with van der Waals surface area (Å²) in [6.07, 6.45) is 1.66. The molecule has 1 aliphatic carbocycles. The second-order valence-corrected chi connectivity index (χ2v) is 5.72. The number of ether oxygens (including phenoxy) is 2. The van der Waals surface area contributed by atoms with Crippen molar-refractivity contribution >= 4 is 0 Å². The Morgan fingerprint density at radius 2 is 1.59 bits per heavy atom. The van der Waals surface area contributed by atoms with Crippen LogP contribution in [0.25, 0.3) is 0 Å². The van der Waals surface area contributed by atoms with Gasteiger partial charge in [-0.25, -0.2) is 0 Å². The van der Waals surface area contributed by atoms with E-state index in [9.17, 15) is 10.4 Å². The van der Waals surface area contributed by atoms with Crippen LogP contribution in [0.1, 0.15) is 39.5 Å². The third-order valence-corrected chi connectivity index (χ3v) is 4.01. The summed E-state index contributed by atoms with van der Waals surface area (Å²) in [6, 6.07) is 2.29. The Morgan fingerprint density at radius 1 is 1.12 bits per heavy atom. The quantitative estimate of drug-likeness (QED) is 0.765. The van der Waals surface area contributed by atoms with Gasteiger partial charge < -0.3 is 14.6 Å². The molecule has 98 valence electrons. The lowest BCUT2D eigenvalue weighted by atomic mass is 9.63. The highest BCUT2D eigenvalue weighted by molar-refractivity contribution is 5.07. The van der Waals surface area contributed by atoms with Gasteiger partial charge in [-0.05, 0) is 31.1 Å². The largest absolute Gasteiger partial charge is 0.386 e. The normalized spacial score (nSPS) is 24.3. The standard InChI is InChI=1S/C13H23NO3/c1-12(2)5-7-13(9-14,8-6-12)10(15)11(16-3)17-4/h10-11,15H,5-8H2,1-4H3. The van der Waals surface area contributed by atoms with E-state index in [1.165, 1.54) is 14.2 Å². The molecule has 1 aliphatic rings. The van der Waals surface area contributed by atoms with Crippen molar-refractivity contribution < 1.29 is 14.6 Å². The van der Waals surface area contributed by atoms with Gasteiger partial charge in [-0.2, -0.15) is 5.26 Å². The fourth-order valence-electron chi connectivity index (χ4n) is 2.46. The molecule has 0 bridgehead atoms. The molecule has 0 heterocycles. The van der Waals surface area contributed by atoms with Crippen molar-refractivity contribution in [2.45, 2.75) is 51.9 Å². The number of rotatable bonds is 4. The van der Waals surface area contributed by atoms with Gasteiger partial charge in [-0.15, -0.1) is 0 Å². The van der Waals surface area contributed by atoms with E-state index in [4.69, 9.17) is 9.47 Å². The summed E-state index contributed by atoms with van der Waals surface area (Å²) >= 11 is 0. The van der Waals surface area contributed by atoms with E-state index in [1.54, 1.807) is 0 Å². The number of hydrogen-bond donors (Lipinski definition) is 1. The molecule has 17 heavy (non-hydrogen) atoms. The summed E-state index contributed by atoms with van der Waals surface area (Å²) in [5, 5.41) is 19.7. The van der Waals surface area contributed by atoms with Crippen LogP contribution in [0.3, 0.4) is 0 Å². The molecule has 0 aromatic heterocycles. The van der Waals surface area contributed by atoms with Gasteiger partial charge in [0.05, 0.1) is 11.5 Å². The average Bonchev–Trinajstić information content (AvgIpc) is 2.31. The highest BCUT2D eigenvalue weighted by Gasteiger charge is 2.47. The molecular formula is C13H23NO3. The van der Waals surface area contributed by atoms with Crippen molar-refractivity contribution in [3.63, 3.8) is 0 Å². The molecule has 0 spiro atoms. The molecule has 0 saturated heterocycles. The molecule has 0 amide bonds. The molecule has 1 N–H and O–H groups in total. The minimum Gasteiger partial charge on any atom is -0.386 e. The first-order valence-electron chi connectivity index (χ1n) is 6.06. The molecule has 0 aromatic carbocycles. The van der Waals surface area contributed by atoms with Crippen LogP contribution >= 0.6 is 0 Å². The van der Waals surface area contributed by atoms with Gasteiger partial charge in [0, 0.05) is 14.2 Å². The second kappa shape index (κ2) is 5.34. The lowest BCUT2D eigenvalue weighted by Gasteiger charge is -2.43. The zero-order valence-electron chi connectivity index (χ0n) is 11.2. The van der Waals surface area contributed by atoms with Gasteiger partial charge in [0.15, 0.2) is 6.29 Å². The van der Waals surface area contributed by atoms with Crippen molar-refractivity contribution in [3.05, 3.63) is 0 Å². The van der Waals surface area contributed by atoms with Crippen LogP contribution in [0.5, 0.6) is 0 Å². The number of aliphatic hydroxyl groups excluding tert-OH is 1. The van der Waals surface area contributed by atoms with E-state index in [0.717, 1.165) is 12.8 Å². The first-order chi connectivity index (χ1) is 7.90. The molecule has 4 nitrogen and oxygen atoms in total. The SMILES string of the molecule is COC(OC)C(O)C1(C#N)CCC(C)(C)CC1. The minimum absolute atomic E-state index is 0.260. The molecule has 1 atom stereocenters. The lowest BCUT2D eigenvalue weighted by Crippen LogP contribution is -2.47. The highest BCUT2D eigenvalue weighted by Crippen LogP contribution is 2.47. The summed E-state index contributed by atoms with van der Waals surface area (Å²) in [5.74, 6) is 0. The van der Waals surface area contributed by atoms with Gasteiger partial charge in [-0.3, -0.25) is 0 Å². The van der Waals surface area contributed by atoms with Crippen LogP contribution in [0.2, 0.25) is 0 Å². The van der Waals surface area contributed by atoms with Crippen molar-refractivity contribution in [2.75, 3.05) is 14.2 Å². The van der Waals surface area contributed by atoms with E-state index in [0.29, 0.717) is 12.8 Å². The van der Waals surface area contributed by atoms with Crippen molar-refractivity contribution in [2.24, 2.45) is 10.8 Å². The predicted octanol–water partition coefficient (Wildman–Crippen LogP) is 2.08. The lowest BCUT2D eigenvalue weighted by molar-refractivity contribution is -0.196. The summed E-state index contributed by atoms with van der Waals surface area (Å²) in [6.45, 7) is 4.40. The molecule has 0 aromatic rings. The maximum atomic E-state index is 10.3. The maximum Gasteiger partial charge on any atom is 0.184 e. The highest BCUT2D eigenvalue weighted by atomic mass is 16.7. The van der Waals surface area contributed by atoms with Crippen LogP contribution in [0.15, 0.2) is 0 Å². The third kappa shape index (κ3) is 2.98. The number of nitrogens with zero attached hydrogens (tertiary/aromatic N) is 1. The monoisotopic (exact) mass is 241 g/mol. The van der Waals surface area contributed by atoms with Crippen molar-refractivity contribution in [3.8, 4) is 6.07 Å². The molecular weight excluding hydrogens is 218 g/mol. The number of hydrogen-bond acceptors (Lipinski definition) is 4. The summed E-state index contributed by atoms with van der Waals surface area (Å²) < 4.78 is 10.1. The zero-order chi connectivity index (χ0) is 13.1. The molecule has 0 aliphatic heterocycles. The first kappa shape index (κ1) is 14.4. The fraction of sp³-hybridized carbons (Fsp3) is 0.923. The van der Waals surface area contributed by atoms with E-state index < -0.39 is 17.8 Å². The topological polar surface area (TPSA) is 62.5 Å². The third-order valence-electron chi connectivity index (χ3n) is 4.01. The Kier molecular flexibility index (Phi) is 4.54. The number of aliphatic hydroxyl groups is 1. The minimum atomic E-state index is -0.890. The summed E-state index contributed by atoms with van der Waals surface area (Å²) in [7, 11) is 2.96. The Balaban J connectivity index is 2.81. The van der Waals surface area contributed by atoms with E-state index in [-0.39, 0.29) is 5.41 Å². The van der Waals surface area contributed by atoms with Crippen LogP contribution in [-0.4, -0.2) is 31.7 Å². The molecule has 0 radical (unpaired) electrons. The van der Waals surface area contributed by atoms with Gasteiger partial charge in [0.2, 0.25) is 0 Å². The smallest absolute Gasteiger partial charge is 0.184 e. The van der Waals surface area contributed by atoms with Gasteiger partial charge >= 0.3 is 0 Å². The van der Waals surface area contributed by atoms with Crippen molar-refractivity contribution in [1.82, 2.24) is 0 Å². The number of nitriles is 1. The predicted molar refractivity (Wildman–Crippen MR) is 64.1 cm³/mol. The van der Waals surface area contributed by atoms with Gasteiger partial charge in [0.25, 0.3) is 0 Å². The van der Waals surface area contributed by atoms with Crippen LogP contribution in [0.4, 0.5) is 0 Å². The van der Waals surface area contributed by atoms with E-state index in [1.807, 2.05) is 0 Å². The Morgan fingerprint density at radius 3 is 1.94 bits per heavy atom. The maximum absolute atomic E-state index is 10.3. The Hall–Kier alpha value is -0.630. The molecule has 4 heteroatoms. The van der Waals surface area contributed by atoms with E-state index in [2.05, 4.69) is 19.9 Å². The summed E-state index contributed by atoms with van der Waals surface area (Å²) in [4.78, 5) is 0. The fourth-order valence-corrected chi connectivity index (χ4v) is 2.46. The van der Waals surface area contributed by atoms with Crippen LogP contribution < -0.4 is 0 Å². The van der Waals surface area contributed by atoms with Crippen LogP contribution in [-0.2, 0) is 9.47 Å². The molecule has 1 unspecified atom stereocenters. The zero-order valence-corrected chi connectivity index (χ0v) is 11.2. The van der Waals surface area contributed by atoms with E-state index >= 15 is 0 Å². The molecule has 1 rings (SSSR count). The van der Waals surface area contributed by atoms with Crippen LogP contribution in [0, 0.1) is 22.2 Å². The molecule has 1 fully saturated rings. The number of methoxy groups -OCH3 is 2. The Bertz CT molecular complexity index is 282. The molecule has 1 saturated carbocycles.